The van der Waals surface area contributed by atoms with E-state index in [1.165, 1.54) is 25.2 Å². The van der Waals surface area contributed by atoms with Crippen molar-refractivity contribution >= 4 is 47.0 Å². The fraction of sp³-hybridized carbons (Fsp3) is 0.515. The summed E-state index contributed by atoms with van der Waals surface area (Å²) in [4.78, 5) is 47.1. The summed E-state index contributed by atoms with van der Waals surface area (Å²) in [6, 6.07) is -0.149. The van der Waals surface area contributed by atoms with E-state index in [0.29, 0.717) is 19.3 Å². The number of primary amides is 1. The first-order valence-electron chi connectivity index (χ1n) is 15.1. The van der Waals surface area contributed by atoms with Gasteiger partial charge in [0.15, 0.2) is 5.78 Å². The number of allylic oxidation sites excluding steroid dienone is 9. The number of hydrogen-bond donors (Lipinski definition) is 6. The highest BCUT2D eigenvalue weighted by Gasteiger charge is 2.35. The van der Waals surface area contributed by atoms with Crippen LogP contribution in [-0.2, 0) is 19.1 Å². The molecular formula is C33H46Cl2N2O9. The van der Waals surface area contributed by atoms with E-state index in [-0.39, 0.29) is 17.0 Å². The first-order valence-corrected chi connectivity index (χ1v) is 15.9. The number of halogens is 2. The predicted molar refractivity (Wildman–Crippen MR) is 177 cm³/mol. The summed E-state index contributed by atoms with van der Waals surface area (Å²) in [7, 11) is 0. The van der Waals surface area contributed by atoms with Crippen LogP contribution in [0.15, 0.2) is 71.4 Å². The quantitative estimate of drug-likeness (QED) is 0.0530. The maximum absolute atomic E-state index is 12.6. The normalized spacial score (nSPS) is 22.1. The summed E-state index contributed by atoms with van der Waals surface area (Å²) in [5.74, 6) is -3.25. The van der Waals surface area contributed by atoms with Gasteiger partial charge in [-0.15, -0.1) is 11.6 Å². The lowest BCUT2D eigenvalue weighted by Gasteiger charge is -2.26. The van der Waals surface area contributed by atoms with Gasteiger partial charge in [0.25, 0.3) is 0 Å². The number of aliphatic carboxylic acids is 1. The zero-order valence-electron chi connectivity index (χ0n) is 26.3. The van der Waals surface area contributed by atoms with Crippen LogP contribution in [0.3, 0.4) is 0 Å². The first kappa shape index (κ1) is 40.8. The van der Waals surface area contributed by atoms with Crippen molar-refractivity contribution in [1.29, 1.82) is 0 Å². The largest absolute Gasteiger partial charge is 0.481 e. The van der Waals surface area contributed by atoms with Gasteiger partial charge in [-0.05, 0) is 44.8 Å². The molecule has 0 aromatic rings. The number of aliphatic hydroxyl groups is 3. The third kappa shape index (κ3) is 15.4. The molecule has 2 amide bonds. The van der Waals surface area contributed by atoms with Crippen LogP contribution in [0.25, 0.3) is 0 Å². The van der Waals surface area contributed by atoms with Gasteiger partial charge < -0.3 is 36.2 Å². The van der Waals surface area contributed by atoms with Crippen LogP contribution in [0.5, 0.6) is 0 Å². The van der Waals surface area contributed by atoms with Crippen molar-refractivity contribution in [2.24, 2.45) is 17.6 Å². The molecule has 0 saturated heterocycles. The zero-order chi connectivity index (χ0) is 34.8. The highest BCUT2D eigenvalue weighted by molar-refractivity contribution is 6.30. The Bertz CT molecular complexity index is 1210. The fourth-order valence-electron chi connectivity index (χ4n) is 4.61. The molecule has 0 aliphatic heterocycles. The SMILES string of the molecule is CC/C=C/[C@@H](OC(N)=O)[C@@H](Cl)[C@H](O)CC(=O)[C@@H](O)[C@H](O)[C@H](C)/C(Cl)=C/C=C/C=C(C)/C=C/C=C/C(=O)N[C@H]1CCC[C@H](C(=O)O)C1. The third-order valence-electron chi connectivity index (χ3n) is 7.32. The van der Waals surface area contributed by atoms with Gasteiger partial charge in [0.05, 0.1) is 18.1 Å². The topological polar surface area (TPSA) is 196 Å². The van der Waals surface area contributed by atoms with Crippen molar-refractivity contribution in [2.75, 3.05) is 0 Å². The molecule has 256 valence electrons. The van der Waals surface area contributed by atoms with Gasteiger partial charge in [0.1, 0.15) is 17.6 Å². The van der Waals surface area contributed by atoms with E-state index in [0.717, 1.165) is 18.4 Å². The van der Waals surface area contributed by atoms with Gasteiger partial charge in [0, 0.05) is 29.5 Å². The molecule has 1 aliphatic rings. The number of ketones is 1. The number of amides is 2. The standard InChI is InChI=1S/C33H46Cl2N2O9/c1-4-5-16-27(46-33(36)45)29(35)25(38)19-26(39)31(42)30(41)21(3)24(34)15-8-6-11-20(2)12-7-9-17-28(40)37-23-14-10-13-22(18-23)32(43)44/h5-9,11-12,15-17,21-23,25,27,29-31,38,41-42H,4,10,13-14,18-19H2,1-3H3,(H2,36,45)(H,37,40)(H,43,44)/b8-6+,12-7+,16-5+,17-9+,20-11+,24-15-/t21-,22+,23+,25-,27-,29+,30-,31-/m1/s1. The van der Waals surface area contributed by atoms with Gasteiger partial charge in [-0.3, -0.25) is 14.4 Å². The summed E-state index contributed by atoms with van der Waals surface area (Å²) in [6.45, 7) is 5.19. The van der Waals surface area contributed by atoms with Gasteiger partial charge in [-0.25, -0.2) is 4.79 Å². The molecule has 0 aromatic carbocycles. The number of hydrogen-bond acceptors (Lipinski definition) is 8. The smallest absolute Gasteiger partial charge is 0.405 e. The molecular weight excluding hydrogens is 639 g/mol. The van der Waals surface area contributed by atoms with Crippen LogP contribution in [0.4, 0.5) is 4.79 Å². The van der Waals surface area contributed by atoms with E-state index < -0.39 is 65.9 Å². The number of nitrogens with one attached hydrogen (secondary N) is 1. The second-order valence-electron chi connectivity index (χ2n) is 11.1. The highest BCUT2D eigenvalue weighted by Crippen LogP contribution is 2.25. The lowest BCUT2D eigenvalue weighted by Crippen LogP contribution is -2.43. The Kier molecular flexibility index (Phi) is 19.1. The monoisotopic (exact) mass is 684 g/mol. The van der Waals surface area contributed by atoms with E-state index >= 15 is 0 Å². The number of ether oxygens (including phenoxy) is 1. The fourth-order valence-corrected chi connectivity index (χ4v) is 5.03. The molecule has 0 spiro atoms. The minimum atomic E-state index is -1.87. The maximum atomic E-state index is 12.6. The van der Waals surface area contributed by atoms with Crippen LogP contribution in [0.2, 0.25) is 0 Å². The average Bonchev–Trinajstić information content (AvgIpc) is 3.01. The van der Waals surface area contributed by atoms with Crippen molar-refractivity contribution in [2.45, 2.75) is 95.1 Å². The summed E-state index contributed by atoms with van der Waals surface area (Å²) < 4.78 is 4.89. The third-order valence-corrected chi connectivity index (χ3v) is 8.33. The minimum Gasteiger partial charge on any atom is -0.481 e. The van der Waals surface area contributed by atoms with Crippen LogP contribution in [-0.4, -0.2) is 80.0 Å². The predicted octanol–water partition coefficient (Wildman–Crippen LogP) is 4.20. The van der Waals surface area contributed by atoms with E-state index in [2.05, 4.69) is 5.32 Å². The molecule has 1 aliphatic carbocycles. The molecule has 7 N–H and O–H groups in total. The summed E-state index contributed by atoms with van der Waals surface area (Å²) in [5.41, 5.74) is 5.90. The molecule has 0 heterocycles. The molecule has 0 radical (unpaired) electrons. The van der Waals surface area contributed by atoms with Crippen LogP contribution in [0, 0.1) is 11.8 Å². The molecule has 13 heteroatoms. The zero-order valence-corrected chi connectivity index (χ0v) is 27.8. The average molecular weight is 686 g/mol. The highest BCUT2D eigenvalue weighted by atomic mass is 35.5. The Morgan fingerprint density at radius 2 is 1.70 bits per heavy atom. The number of carboxylic acids is 1. The molecule has 0 unspecified atom stereocenters. The first-order chi connectivity index (χ1) is 21.7. The lowest BCUT2D eigenvalue weighted by atomic mass is 9.86. The molecule has 0 aromatic heterocycles. The van der Waals surface area contributed by atoms with Gasteiger partial charge in [-0.1, -0.05) is 80.0 Å². The lowest BCUT2D eigenvalue weighted by molar-refractivity contribution is -0.143. The molecule has 1 fully saturated rings. The molecule has 0 bridgehead atoms. The molecule has 8 atom stereocenters. The summed E-state index contributed by atoms with van der Waals surface area (Å²) in [6.07, 6.45) is 11.5. The Morgan fingerprint density at radius 3 is 2.33 bits per heavy atom. The summed E-state index contributed by atoms with van der Waals surface area (Å²) >= 11 is 12.5. The number of nitrogens with two attached hydrogens (primary N) is 1. The second kappa shape index (κ2) is 21.6. The van der Waals surface area contributed by atoms with Crippen molar-refractivity contribution < 1.29 is 44.3 Å². The molecule has 11 nitrogen and oxygen atoms in total. The van der Waals surface area contributed by atoms with E-state index in [9.17, 15) is 39.6 Å². The van der Waals surface area contributed by atoms with E-state index in [4.69, 9.17) is 33.7 Å². The van der Waals surface area contributed by atoms with E-state index in [1.54, 1.807) is 42.5 Å². The Hall–Kier alpha value is -3.22. The Labute approximate surface area is 280 Å². The van der Waals surface area contributed by atoms with Crippen molar-refractivity contribution in [3.05, 3.63) is 71.4 Å². The number of Topliss-reactive ketones (excluding diaryl/α,β-unsaturated/α-hetero) is 1. The van der Waals surface area contributed by atoms with Gasteiger partial charge in [0.2, 0.25) is 5.91 Å². The Morgan fingerprint density at radius 1 is 1.04 bits per heavy atom. The molecule has 46 heavy (non-hydrogen) atoms. The Balaban J connectivity index is 2.63. The van der Waals surface area contributed by atoms with Crippen LogP contribution < -0.4 is 11.1 Å². The maximum Gasteiger partial charge on any atom is 0.405 e. The number of carbonyl (C=O) groups is 4. The van der Waals surface area contributed by atoms with Crippen molar-refractivity contribution in [3.8, 4) is 0 Å². The molecule has 1 rings (SSSR count). The van der Waals surface area contributed by atoms with Crippen molar-refractivity contribution in [3.63, 3.8) is 0 Å². The van der Waals surface area contributed by atoms with Gasteiger partial charge >= 0.3 is 12.1 Å². The number of carboxylic acid groups (broad SMARTS) is 1. The van der Waals surface area contributed by atoms with Crippen LogP contribution in [0.1, 0.15) is 59.3 Å². The number of rotatable bonds is 18. The number of carbonyl (C=O) groups excluding carboxylic acids is 3. The van der Waals surface area contributed by atoms with Crippen molar-refractivity contribution in [1.82, 2.24) is 5.32 Å². The number of alkyl halides is 1. The summed E-state index contributed by atoms with van der Waals surface area (Å²) in [5, 5.41) is 42.3. The van der Waals surface area contributed by atoms with Gasteiger partial charge in [-0.2, -0.15) is 0 Å². The van der Waals surface area contributed by atoms with E-state index in [1.807, 2.05) is 13.8 Å². The molecule has 1 saturated carbocycles. The second-order valence-corrected chi connectivity index (χ2v) is 12.1. The van der Waals surface area contributed by atoms with Crippen LogP contribution >= 0.6 is 23.2 Å². The minimum absolute atomic E-state index is 0.149. The number of aliphatic hydroxyl groups excluding tert-OH is 3.